The maximum Gasteiger partial charge on any atom is 0.264 e. The second-order valence-corrected chi connectivity index (χ2v) is 7.73. The van der Waals surface area contributed by atoms with E-state index in [1.807, 2.05) is 24.3 Å². The fraction of sp³-hybridized carbons (Fsp3) is 0.333. The van der Waals surface area contributed by atoms with Gasteiger partial charge in [-0.1, -0.05) is 12.1 Å². The van der Waals surface area contributed by atoms with Gasteiger partial charge in [-0.2, -0.15) is 0 Å². The van der Waals surface area contributed by atoms with Crippen molar-refractivity contribution in [3.05, 3.63) is 48.0 Å². The quantitative estimate of drug-likeness (QED) is 0.848. The summed E-state index contributed by atoms with van der Waals surface area (Å²) >= 11 is 0. The normalized spacial score (nSPS) is 17.5. The Balaban J connectivity index is 1.61. The first kappa shape index (κ1) is 17.4. The monoisotopic (exact) mass is 365 g/mol. The van der Waals surface area contributed by atoms with Crippen molar-refractivity contribution in [2.45, 2.75) is 19.4 Å². The maximum atomic E-state index is 13.0. The number of Topliss-reactive ketones (excluding diaryl/α,β-unsaturated/α-hetero) is 1. The van der Waals surface area contributed by atoms with E-state index in [0.29, 0.717) is 17.0 Å². The topological polar surface area (TPSA) is 61.9 Å². The Bertz CT molecular complexity index is 923. The van der Waals surface area contributed by atoms with Gasteiger partial charge in [-0.3, -0.25) is 9.59 Å². The molecule has 4 rings (SSSR count). The summed E-state index contributed by atoms with van der Waals surface area (Å²) in [5.74, 6) is 0.518. The molecule has 0 aliphatic carbocycles. The van der Waals surface area contributed by atoms with E-state index in [9.17, 15) is 9.59 Å². The number of carbonyl (C=O) groups excluding carboxylic acids is 2. The number of carbonyl (C=O) groups is 2. The van der Waals surface area contributed by atoms with Gasteiger partial charge in [0.2, 0.25) is 0 Å². The van der Waals surface area contributed by atoms with Crippen LogP contribution in [-0.4, -0.2) is 44.0 Å². The van der Waals surface area contributed by atoms with Crippen molar-refractivity contribution < 1.29 is 14.3 Å². The number of ether oxygens (including phenoxy) is 1. The Kier molecular flexibility index (Phi) is 4.06. The molecule has 0 atom stereocenters. The van der Waals surface area contributed by atoms with Crippen LogP contribution in [0, 0.1) is 0 Å². The van der Waals surface area contributed by atoms with Crippen LogP contribution in [0.25, 0.3) is 0 Å². The predicted molar refractivity (Wildman–Crippen MR) is 106 cm³/mol. The molecule has 0 bridgehead atoms. The van der Waals surface area contributed by atoms with Crippen LogP contribution >= 0.6 is 0 Å². The largest absolute Gasteiger partial charge is 0.482 e. The van der Waals surface area contributed by atoms with Crippen molar-refractivity contribution in [3.8, 4) is 5.75 Å². The molecule has 2 aromatic rings. The summed E-state index contributed by atoms with van der Waals surface area (Å²) in [6, 6.07) is 13.3. The number of ketones is 1. The lowest BCUT2D eigenvalue weighted by Crippen LogP contribution is -2.50. The van der Waals surface area contributed by atoms with E-state index in [2.05, 4.69) is 24.1 Å². The molecule has 0 aromatic heterocycles. The highest BCUT2D eigenvalue weighted by Gasteiger charge is 2.31. The van der Waals surface area contributed by atoms with E-state index in [1.165, 1.54) is 0 Å². The van der Waals surface area contributed by atoms with Gasteiger partial charge in [0.05, 0.1) is 23.6 Å². The lowest BCUT2D eigenvalue weighted by atomic mass is 9.98. The SMILES string of the molecule is CN1C(=O)COc2ccc(C(=O)CN3CC(C)(C)Nc4ccccc43)cc21. The second kappa shape index (κ2) is 6.30. The molecule has 2 aliphatic rings. The van der Waals surface area contributed by atoms with Crippen molar-refractivity contribution in [1.29, 1.82) is 0 Å². The predicted octanol–water partition coefficient (Wildman–Crippen LogP) is 2.94. The summed E-state index contributed by atoms with van der Waals surface area (Å²) in [6.45, 7) is 5.28. The van der Waals surface area contributed by atoms with Gasteiger partial charge in [0.15, 0.2) is 12.4 Å². The van der Waals surface area contributed by atoms with Crippen LogP contribution in [0.3, 0.4) is 0 Å². The fourth-order valence-electron chi connectivity index (χ4n) is 3.67. The Labute approximate surface area is 158 Å². The van der Waals surface area contributed by atoms with Gasteiger partial charge in [-0.15, -0.1) is 0 Å². The Morgan fingerprint density at radius 1 is 1.19 bits per heavy atom. The summed E-state index contributed by atoms with van der Waals surface area (Å²) in [7, 11) is 1.70. The zero-order chi connectivity index (χ0) is 19.2. The van der Waals surface area contributed by atoms with E-state index in [4.69, 9.17) is 4.74 Å². The van der Waals surface area contributed by atoms with E-state index in [0.717, 1.165) is 17.9 Å². The van der Waals surface area contributed by atoms with E-state index in [-0.39, 0.29) is 30.4 Å². The number of hydrogen-bond acceptors (Lipinski definition) is 5. The molecule has 0 saturated heterocycles. The van der Waals surface area contributed by atoms with E-state index < -0.39 is 0 Å². The maximum absolute atomic E-state index is 13.0. The molecule has 2 aromatic carbocycles. The number of rotatable bonds is 3. The average molecular weight is 365 g/mol. The van der Waals surface area contributed by atoms with E-state index >= 15 is 0 Å². The Morgan fingerprint density at radius 2 is 1.96 bits per heavy atom. The summed E-state index contributed by atoms with van der Waals surface area (Å²) in [4.78, 5) is 28.5. The van der Waals surface area contributed by atoms with Crippen LogP contribution in [0.5, 0.6) is 5.75 Å². The van der Waals surface area contributed by atoms with Crippen LogP contribution in [0.2, 0.25) is 0 Å². The highest BCUT2D eigenvalue weighted by molar-refractivity contribution is 6.03. The zero-order valence-electron chi connectivity index (χ0n) is 15.8. The molecule has 6 nitrogen and oxygen atoms in total. The van der Waals surface area contributed by atoms with Gasteiger partial charge in [-0.05, 0) is 44.2 Å². The lowest BCUT2D eigenvalue weighted by Gasteiger charge is -2.41. The number of anilines is 3. The molecule has 2 heterocycles. The molecule has 6 heteroatoms. The molecule has 1 amide bonds. The van der Waals surface area contributed by atoms with Gasteiger partial charge in [0.1, 0.15) is 5.75 Å². The summed E-state index contributed by atoms with van der Waals surface area (Å²) < 4.78 is 5.44. The van der Waals surface area contributed by atoms with Crippen molar-refractivity contribution in [3.63, 3.8) is 0 Å². The molecule has 0 fully saturated rings. The first-order chi connectivity index (χ1) is 12.8. The third-order valence-corrected chi connectivity index (χ3v) is 5.01. The molecule has 140 valence electrons. The molecule has 27 heavy (non-hydrogen) atoms. The number of hydrogen-bond donors (Lipinski definition) is 1. The molecule has 0 spiro atoms. The minimum absolute atomic E-state index is 0.0109. The van der Waals surface area contributed by atoms with Gasteiger partial charge >= 0.3 is 0 Å². The van der Waals surface area contributed by atoms with Crippen LogP contribution in [0.4, 0.5) is 17.1 Å². The van der Waals surface area contributed by atoms with Crippen molar-refractivity contribution in [2.24, 2.45) is 0 Å². The van der Waals surface area contributed by atoms with Crippen LogP contribution in [0.1, 0.15) is 24.2 Å². The van der Waals surface area contributed by atoms with Crippen molar-refractivity contribution in [2.75, 3.05) is 41.9 Å². The number of nitrogens with one attached hydrogen (secondary N) is 1. The first-order valence-corrected chi connectivity index (χ1v) is 9.03. The van der Waals surface area contributed by atoms with Gasteiger partial charge in [0.25, 0.3) is 5.91 Å². The van der Waals surface area contributed by atoms with Crippen LogP contribution < -0.4 is 19.9 Å². The molecule has 0 unspecified atom stereocenters. The summed E-state index contributed by atoms with van der Waals surface area (Å²) in [5, 5.41) is 3.52. The highest BCUT2D eigenvalue weighted by Crippen LogP contribution is 2.35. The number of para-hydroxylation sites is 2. The number of fused-ring (bicyclic) bond motifs is 2. The van der Waals surface area contributed by atoms with Gasteiger partial charge in [0, 0.05) is 24.7 Å². The number of likely N-dealkylation sites (N-methyl/N-ethyl adjacent to an activating group) is 1. The number of benzene rings is 2. The zero-order valence-corrected chi connectivity index (χ0v) is 15.8. The molecule has 1 N–H and O–H groups in total. The lowest BCUT2D eigenvalue weighted by molar-refractivity contribution is -0.120. The molecular formula is C21H23N3O3. The number of nitrogens with zero attached hydrogens (tertiary/aromatic N) is 2. The van der Waals surface area contributed by atoms with E-state index in [1.54, 1.807) is 30.1 Å². The third kappa shape index (κ3) is 3.23. The fourth-order valence-corrected chi connectivity index (χ4v) is 3.67. The average Bonchev–Trinajstić information content (AvgIpc) is 2.63. The Hall–Kier alpha value is -3.02. The van der Waals surface area contributed by atoms with Crippen LogP contribution in [0.15, 0.2) is 42.5 Å². The standard InChI is InChI=1S/C21H23N3O3/c1-21(2)13-24(16-7-5-4-6-15(16)22-21)11-18(25)14-8-9-19-17(10-14)23(3)20(26)12-27-19/h4-10,22H,11-13H2,1-3H3. The molecular weight excluding hydrogens is 342 g/mol. The summed E-state index contributed by atoms with van der Waals surface area (Å²) in [6.07, 6.45) is 0. The summed E-state index contributed by atoms with van der Waals surface area (Å²) in [5.41, 5.74) is 3.14. The first-order valence-electron chi connectivity index (χ1n) is 9.03. The van der Waals surface area contributed by atoms with Gasteiger partial charge in [-0.25, -0.2) is 0 Å². The molecule has 2 aliphatic heterocycles. The molecule has 0 saturated carbocycles. The van der Waals surface area contributed by atoms with Gasteiger partial charge < -0.3 is 19.9 Å². The smallest absolute Gasteiger partial charge is 0.264 e. The van der Waals surface area contributed by atoms with Crippen molar-refractivity contribution >= 4 is 28.8 Å². The van der Waals surface area contributed by atoms with Crippen molar-refractivity contribution in [1.82, 2.24) is 0 Å². The minimum atomic E-state index is -0.134. The second-order valence-electron chi connectivity index (χ2n) is 7.73. The Morgan fingerprint density at radius 3 is 2.78 bits per heavy atom. The highest BCUT2D eigenvalue weighted by atomic mass is 16.5. The third-order valence-electron chi connectivity index (χ3n) is 5.01. The number of amides is 1. The molecule has 0 radical (unpaired) electrons. The van der Waals surface area contributed by atoms with Crippen LogP contribution in [-0.2, 0) is 4.79 Å². The minimum Gasteiger partial charge on any atom is -0.482 e.